The molecule has 0 unspecified atom stereocenters. The number of hydrogen-bond donors (Lipinski definition) is 4. The van der Waals surface area contributed by atoms with Crippen LogP contribution in [0.3, 0.4) is 0 Å². The number of amides is 2. The number of aliphatic hydroxyl groups is 1. The number of benzene rings is 1. The summed E-state index contributed by atoms with van der Waals surface area (Å²) in [6, 6.07) is 12.1. The third-order valence-corrected chi connectivity index (χ3v) is 9.52. The summed E-state index contributed by atoms with van der Waals surface area (Å²) in [5, 5.41) is 37.1. The number of carbonyl (C=O) groups is 1. The van der Waals surface area contributed by atoms with Crippen LogP contribution in [-0.4, -0.2) is 65.8 Å². The zero-order chi connectivity index (χ0) is 34.7. The molecule has 4 atom stereocenters. The lowest BCUT2D eigenvalue weighted by Gasteiger charge is -2.39. The number of piperidine rings is 1. The molecule has 13 nitrogen and oxygen atoms in total. The molecule has 6 rings (SSSR count). The molecular formula is C36H48N10O3. The molecule has 1 aliphatic carbocycles. The fraction of sp³-hybridized carbons (Fsp3) is 0.500. The van der Waals surface area contributed by atoms with Crippen molar-refractivity contribution in [3.63, 3.8) is 0 Å². The van der Waals surface area contributed by atoms with Gasteiger partial charge in [0.05, 0.1) is 37.8 Å². The number of nitrogens with zero attached hydrogens (tertiary/aromatic N) is 7. The minimum Gasteiger partial charge on any atom is -0.484 e. The number of fused-ring (bicyclic) bond motifs is 2. The topological polar surface area (TPSA) is 158 Å². The Hall–Kier alpha value is -4.78. The van der Waals surface area contributed by atoms with E-state index in [1.807, 2.05) is 61.7 Å². The Morgan fingerprint density at radius 3 is 2.53 bits per heavy atom. The van der Waals surface area contributed by atoms with Gasteiger partial charge in [-0.3, -0.25) is 14.4 Å². The average Bonchev–Trinajstić information content (AvgIpc) is 3.68. The van der Waals surface area contributed by atoms with Crippen LogP contribution in [0.2, 0.25) is 0 Å². The lowest BCUT2D eigenvalue weighted by molar-refractivity contribution is 0.171. The predicted molar refractivity (Wildman–Crippen MR) is 190 cm³/mol. The van der Waals surface area contributed by atoms with E-state index in [2.05, 4.69) is 55.7 Å². The van der Waals surface area contributed by atoms with Crippen molar-refractivity contribution in [3.8, 4) is 5.75 Å². The SMILES string of the molecule is C[C@@H]1CCC[C@H](C)N1c1nnc2ccc(O[C@@H]3CC[C@H](NC(=O)NC(CC(=N)C(C)(C)C)=Nc4cnn(CCO)c4)c4ccccc43)cn12. The van der Waals surface area contributed by atoms with E-state index in [1.165, 1.54) is 6.42 Å². The highest BCUT2D eigenvalue weighted by molar-refractivity contribution is 6.09. The summed E-state index contributed by atoms with van der Waals surface area (Å²) >= 11 is 0. The predicted octanol–water partition coefficient (Wildman–Crippen LogP) is 6.13. The molecule has 1 aliphatic heterocycles. The van der Waals surface area contributed by atoms with Crippen LogP contribution in [-0.2, 0) is 6.54 Å². The van der Waals surface area contributed by atoms with Crippen molar-refractivity contribution in [1.82, 2.24) is 35.0 Å². The van der Waals surface area contributed by atoms with E-state index in [-0.39, 0.29) is 30.6 Å². The molecule has 1 aromatic carbocycles. The molecule has 4 N–H and O–H groups in total. The van der Waals surface area contributed by atoms with Crippen molar-refractivity contribution in [2.75, 3.05) is 11.5 Å². The number of anilines is 1. The highest BCUT2D eigenvalue weighted by Gasteiger charge is 2.31. The van der Waals surface area contributed by atoms with Crippen LogP contribution < -0.4 is 20.3 Å². The van der Waals surface area contributed by atoms with Crippen LogP contribution in [0.1, 0.15) is 96.4 Å². The first-order valence-electron chi connectivity index (χ1n) is 17.2. The van der Waals surface area contributed by atoms with Gasteiger partial charge in [0.1, 0.15) is 23.4 Å². The van der Waals surface area contributed by atoms with Gasteiger partial charge in [-0.2, -0.15) is 5.10 Å². The number of aromatic nitrogens is 5. The highest BCUT2D eigenvalue weighted by Crippen LogP contribution is 2.39. The minimum absolute atomic E-state index is 0.0442. The zero-order valence-electron chi connectivity index (χ0n) is 29.1. The molecule has 4 heterocycles. The lowest BCUT2D eigenvalue weighted by Crippen LogP contribution is -2.44. The standard InChI is InChI=1S/C36H48N10O3/c1-23-9-8-10-24(2)46(23)35-43-42-33-16-13-26(22-45(33)35)49-30-15-14-29(27-11-6-7-12-28(27)30)40-34(48)41-32(19-31(37)36(3,4)5)39-25-20-38-44(21-25)17-18-47/h6-7,11-13,16,20-24,29-30,37,47H,8-10,14-15,17-19H2,1-5H3,(H2,39,40,41,48)/t23-,24+,29-,30+/m0/s1. The second-order valence-corrected chi connectivity index (χ2v) is 14.2. The summed E-state index contributed by atoms with van der Waals surface area (Å²) < 4.78 is 10.3. The van der Waals surface area contributed by atoms with E-state index < -0.39 is 6.03 Å². The van der Waals surface area contributed by atoms with E-state index in [9.17, 15) is 9.90 Å². The van der Waals surface area contributed by atoms with Gasteiger partial charge in [0.2, 0.25) is 5.95 Å². The zero-order valence-corrected chi connectivity index (χ0v) is 29.1. The lowest BCUT2D eigenvalue weighted by atomic mass is 9.85. The van der Waals surface area contributed by atoms with Crippen molar-refractivity contribution in [2.24, 2.45) is 10.4 Å². The largest absolute Gasteiger partial charge is 0.484 e. The Morgan fingerprint density at radius 1 is 1.04 bits per heavy atom. The number of hydrogen-bond acceptors (Lipinski definition) is 9. The fourth-order valence-corrected chi connectivity index (χ4v) is 6.77. The van der Waals surface area contributed by atoms with Gasteiger partial charge in [-0.1, -0.05) is 45.0 Å². The first-order chi connectivity index (χ1) is 23.5. The van der Waals surface area contributed by atoms with Gasteiger partial charge in [-0.05, 0) is 74.6 Å². The number of aliphatic hydroxyl groups excluding tert-OH is 1. The van der Waals surface area contributed by atoms with Crippen LogP contribution in [0.25, 0.3) is 5.65 Å². The Kier molecular flexibility index (Phi) is 10.00. The molecular weight excluding hydrogens is 620 g/mol. The molecule has 49 heavy (non-hydrogen) atoms. The molecule has 4 aromatic rings. The van der Waals surface area contributed by atoms with Crippen LogP contribution in [0.4, 0.5) is 16.4 Å². The molecule has 2 amide bonds. The van der Waals surface area contributed by atoms with Gasteiger partial charge in [0, 0.05) is 24.2 Å². The van der Waals surface area contributed by atoms with Crippen LogP contribution in [0.15, 0.2) is 60.0 Å². The third kappa shape index (κ3) is 7.77. The Bertz CT molecular complexity index is 1810. The number of rotatable bonds is 9. The molecule has 1 saturated heterocycles. The summed E-state index contributed by atoms with van der Waals surface area (Å²) in [7, 11) is 0. The molecule has 0 spiro atoms. The molecule has 0 saturated carbocycles. The Labute approximate surface area is 287 Å². The van der Waals surface area contributed by atoms with Gasteiger partial charge in [-0.15, -0.1) is 10.2 Å². The van der Waals surface area contributed by atoms with Crippen LogP contribution in [0, 0.1) is 10.8 Å². The molecule has 0 bridgehead atoms. The van der Waals surface area contributed by atoms with Crippen molar-refractivity contribution in [1.29, 1.82) is 5.41 Å². The van der Waals surface area contributed by atoms with Crippen molar-refractivity contribution in [2.45, 2.75) is 104 Å². The number of amidine groups is 1. The highest BCUT2D eigenvalue weighted by atomic mass is 16.5. The second-order valence-electron chi connectivity index (χ2n) is 14.2. The van der Waals surface area contributed by atoms with Crippen molar-refractivity contribution in [3.05, 3.63) is 66.1 Å². The van der Waals surface area contributed by atoms with Crippen molar-refractivity contribution < 1.29 is 14.6 Å². The maximum atomic E-state index is 13.5. The van der Waals surface area contributed by atoms with Gasteiger partial charge in [0.15, 0.2) is 5.65 Å². The summed E-state index contributed by atoms with van der Waals surface area (Å²) in [4.78, 5) is 20.5. The van der Waals surface area contributed by atoms with E-state index >= 15 is 0 Å². The van der Waals surface area contributed by atoms with Crippen molar-refractivity contribution >= 4 is 34.9 Å². The number of aliphatic imine (C=N–C) groups is 1. The minimum atomic E-state index is -0.394. The molecule has 13 heteroatoms. The first-order valence-corrected chi connectivity index (χ1v) is 17.2. The second kappa shape index (κ2) is 14.4. The maximum absolute atomic E-state index is 13.5. The van der Waals surface area contributed by atoms with Gasteiger partial charge in [0.25, 0.3) is 0 Å². The average molecular weight is 669 g/mol. The Balaban J connectivity index is 1.18. The quantitative estimate of drug-likeness (QED) is 0.123. The van der Waals surface area contributed by atoms with Gasteiger partial charge >= 0.3 is 6.03 Å². The Morgan fingerprint density at radius 2 is 1.80 bits per heavy atom. The third-order valence-electron chi connectivity index (χ3n) is 9.52. The van der Waals surface area contributed by atoms with E-state index in [0.717, 1.165) is 41.3 Å². The molecule has 260 valence electrons. The summed E-state index contributed by atoms with van der Waals surface area (Å²) in [5.41, 5.74) is 3.40. The van der Waals surface area contributed by atoms with E-state index in [1.54, 1.807) is 17.1 Å². The van der Waals surface area contributed by atoms with Crippen LogP contribution in [0.5, 0.6) is 5.75 Å². The summed E-state index contributed by atoms with van der Waals surface area (Å²) in [6.45, 7) is 10.7. The fourth-order valence-electron chi connectivity index (χ4n) is 6.77. The molecule has 3 aromatic heterocycles. The monoisotopic (exact) mass is 668 g/mol. The van der Waals surface area contributed by atoms with Gasteiger partial charge in [-0.25, -0.2) is 9.79 Å². The number of ether oxygens (including phenoxy) is 1. The van der Waals surface area contributed by atoms with Gasteiger partial charge < -0.3 is 25.5 Å². The summed E-state index contributed by atoms with van der Waals surface area (Å²) in [5.74, 6) is 1.93. The molecule has 0 radical (unpaired) electrons. The maximum Gasteiger partial charge on any atom is 0.320 e. The summed E-state index contributed by atoms with van der Waals surface area (Å²) in [6.07, 6.45) is 10.1. The number of pyridine rings is 1. The molecule has 2 aliphatic rings. The smallest absolute Gasteiger partial charge is 0.320 e. The van der Waals surface area contributed by atoms with E-state index in [0.29, 0.717) is 48.7 Å². The number of nitrogens with one attached hydrogen (secondary N) is 3. The molecule has 1 fully saturated rings. The number of urea groups is 1. The first kappa shape index (κ1) is 34.1. The number of carbonyl (C=O) groups excluding carboxylic acids is 1. The van der Waals surface area contributed by atoms with Crippen LogP contribution >= 0.6 is 0 Å². The normalized spacial score (nSPS) is 21.3. The van der Waals surface area contributed by atoms with E-state index in [4.69, 9.17) is 10.1 Å².